The van der Waals surface area contributed by atoms with Gasteiger partial charge in [0.15, 0.2) is 5.96 Å². The van der Waals surface area contributed by atoms with Crippen molar-refractivity contribution >= 4 is 22.8 Å². The first-order valence-corrected chi connectivity index (χ1v) is 10.3. The number of amides is 1. The van der Waals surface area contributed by atoms with Crippen molar-refractivity contribution in [1.82, 2.24) is 20.5 Å². The van der Waals surface area contributed by atoms with E-state index in [0.29, 0.717) is 13.0 Å². The van der Waals surface area contributed by atoms with Gasteiger partial charge in [0.05, 0.1) is 12.1 Å². The van der Waals surface area contributed by atoms with Crippen LogP contribution in [0.4, 0.5) is 0 Å². The number of hydrogen-bond acceptors (Lipinski definition) is 2. The van der Waals surface area contributed by atoms with Crippen LogP contribution >= 0.6 is 0 Å². The van der Waals surface area contributed by atoms with Crippen LogP contribution in [0.25, 0.3) is 10.9 Å². The van der Waals surface area contributed by atoms with Crippen molar-refractivity contribution in [3.8, 4) is 0 Å². The molecule has 0 aliphatic carbocycles. The van der Waals surface area contributed by atoms with E-state index >= 15 is 0 Å². The highest BCUT2D eigenvalue weighted by atomic mass is 16.2. The first-order valence-electron chi connectivity index (χ1n) is 10.3. The van der Waals surface area contributed by atoms with Gasteiger partial charge in [-0.25, -0.2) is 4.99 Å². The fourth-order valence-corrected chi connectivity index (χ4v) is 3.92. The van der Waals surface area contributed by atoms with Crippen LogP contribution in [0.15, 0.2) is 17.1 Å². The van der Waals surface area contributed by atoms with Gasteiger partial charge in [0.1, 0.15) is 0 Å². The van der Waals surface area contributed by atoms with Crippen LogP contribution in [-0.2, 0) is 11.3 Å². The molecule has 1 fully saturated rings. The van der Waals surface area contributed by atoms with Gasteiger partial charge < -0.3 is 20.5 Å². The zero-order valence-electron chi connectivity index (χ0n) is 17.8. The summed E-state index contributed by atoms with van der Waals surface area (Å²) in [7, 11) is 0. The van der Waals surface area contributed by atoms with E-state index in [1.165, 1.54) is 33.3 Å². The van der Waals surface area contributed by atoms with Crippen LogP contribution in [-0.4, -0.2) is 47.4 Å². The standard InChI is InChI=1S/C22H33N5O/c1-6-20(28)27-9-8-18(13-27)26-22(23-7-2)24-12-17-10-14(3)11-19-15(4)16(5)25-21(17)19/h10-11,18,25H,6-9,12-13H2,1-5H3,(H2,23,24,26). The topological polar surface area (TPSA) is 72.5 Å². The maximum Gasteiger partial charge on any atom is 0.222 e. The predicted octanol–water partition coefficient (Wildman–Crippen LogP) is 3.16. The number of aromatic amines is 1. The Balaban J connectivity index is 1.76. The molecule has 2 heterocycles. The number of nitrogens with zero attached hydrogens (tertiary/aromatic N) is 2. The van der Waals surface area contributed by atoms with Crippen molar-refractivity contribution in [2.75, 3.05) is 19.6 Å². The Hall–Kier alpha value is -2.50. The normalized spacial score (nSPS) is 17.4. The number of carbonyl (C=O) groups excluding carboxylic acids is 1. The van der Waals surface area contributed by atoms with Crippen molar-refractivity contribution in [3.63, 3.8) is 0 Å². The Morgan fingerprint density at radius 1 is 1.29 bits per heavy atom. The van der Waals surface area contributed by atoms with Gasteiger partial charge in [-0.05, 0) is 51.3 Å². The summed E-state index contributed by atoms with van der Waals surface area (Å²) in [5.74, 6) is 1.04. The smallest absolute Gasteiger partial charge is 0.222 e. The maximum atomic E-state index is 11.9. The molecule has 1 saturated heterocycles. The Morgan fingerprint density at radius 2 is 2.07 bits per heavy atom. The summed E-state index contributed by atoms with van der Waals surface area (Å²) in [5, 5.41) is 8.14. The Labute approximate surface area is 167 Å². The van der Waals surface area contributed by atoms with Crippen molar-refractivity contribution < 1.29 is 4.79 Å². The molecule has 1 unspecified atom stereocenters. The van der Waals surface area contributed by atoms with Crippen LogP contribution in [0, 0.1) is 20.8 Å². The molecule has 0 bridgehead atoms. The molecule has 1 aromatic heterocycles. The molecule has 6 heteroatoms. The number of guanidine groups is 1. The number of rotatable bonds is 5. The van der Waals surface area contributed by atoms with Gasteiger partial charge in [-0.1, -0.05) is 18.6 Å². The van der Waals surface area contributed by atoms with Gasteiger partial charge in [0.2, 0.25) is 5.91 Å². The minimum absolute atomic E-state index is 0.228. The van der Waals surface area contributed by atoms with E-state index < -0.39 is 0 Å². The first-order chi connectivity index (χ1) is 13.4. The molecule has 3 N–H and O–H groups in total. The summed E-state index contributed by atoms with van der Waals surface area (Å²) in [4.78, 5) is 22.2. The van der Waals surface area contributed by atoms with E-state index in [-0.39, 0.29) is 11.9 Å². The summed E-state index contributed by atoms with van der Waals surface area (Å²) in [6.07, 6.45) is 1.53. The van der Waals surface area contributed by atoms with E-state index in [9.17, 15) is 4.79 Å². The monoisotopic (exact) mass is 383 g/mol. The van der Waals surface area contributed by atoms with Crippen molar-refractivity contribution in [3.05, 3.63) is 34.5 Å². The largest absolute Gasteiger partial charge is 0.358 e. The molecule has 2 aromatic rings. The zero-order chi connectivity index (χ0) is 20.3. The molecule has 0 radical (unpaired) electrons. The number of aromatic nitrogens is 1. The molecule has 6 nitrogen and oxygen atoms in total. The Bertz CT molecular complexity index is 883. The van der Waals surface area contributed by atoms with Gasteiger partial charge in [-0.3, -0.25) is 4.79 Å². The highest BCUT2D eigenvalue weighted by Gasteiger charge is 2.25. The molecule has 0 spiro atoms. The molecule has 1 aliphatic rings. The Kier molecular flexibility index (Phi) is 6.27. The lowest BCUT2D eigenvalue weighted by atomic mass is 10.0. The molecule has 1 atom stereocenters. The summed E-state index contributed by atoms with van der Waals surface area (Å²) in [6.45, 7) is 13.4. The minimum atomic E-state index is 0.228. The van der Waals surface area contributed by atoms with Crippen LogP contribution in [0.3, 0.4) is 0 Å². The molecule has 28 heavy (non-hydrogen) atoms. The number of nitrogens with one attached hydrogen (secondary N) is 3. The number of carbonyl (C=O) groups is 1. The number of H-pyrrole nitrogens is 1. The fourth-order valence-electron chi connectivity index (χ4n) is 3.92. The highest BCUT2D eigenvalue weighted by Crippen LogP contribution is 2.26. The molecule has 1 aliphatic heterocycles. The average Bonchev–Trinajstić information content (AvgIpc) is 3.25. The van der Waals surface area contributed by atoms with Crippen molar-refractivity contribution in [2.24, 2.45) is 4.99 Å². The van der Waals surface area contributed by atoms with Crippen molar-refractivity contribution in [2.45, 2.75) is 60.0 Å². The third-order valence-corrected chi connectivity index (χ3v) is 5.58. The second kappa shape index (κ2) is 8.67. The molecule has 3 rings (SSSR count). The summed E-state index contributed by atoms with van der Waals surface area (Å²) in [6, 6.07) is 4.70. The Morgan fingerprint density at radius 3 is 2.79 bits per heavy atom. The number of aliphatic imine (C=N–C) groups is 1. The lowest BCUT2D eigenvalue weighted by Crippen LogP contribution is -2.45. The lowest BCUT2D eigenvalue weighted by Gasteiger charge is -2.18. The maximum absolute atomic E-state index is 11.9. The van der Waals surface area contributed by atoms with Gasteiger partial charge in [0.25, 0.3) is 0 Å². The van der Waals surface area contributed by atoms with Crippen LogP contribution in [0.1, 0.15) is 49.1 Å². The van der Waals surface area contributed by atoms with E-state index in [1.807, 2.05) is 11.8 Å². The van der Waals surface area contributed by atoms with Crippen LogP contribution < -0.4 is 10.6 Å². The summed E-state index contributed by atoms with van der Waals surface area (Å²) in [5.41, 5.74) is 6.16. The molecule has 152 valence electrons. The molecule has 0 saturated carbocycles. The number of likely N-dealkylation sites (tertiary alicyclic amines) is 1. The molecule has 1 amide bonds. The summed E-state index contributed by atoms with van der Waals surface area (Å²) >= 11 is 0. The van der Waals surface area contributed by atoms with Gasteiger partial charge >= 0.3 is 0 Å². The zero-order valence-corrected chi connectivity index (χ0v) is 17.8. The lowest BCUT2D eigenvalue weighted by molar-refractivity contribution is -0.129. The first kappa shape index (κ1) is 20.2. The number of fused-ring (bicyclic) bond motifs is 1. The van der Waals surface area contributed by atoms with Crippen LogP contribution in [0.2, 0.25) is 0 Å². The summed E-state index contributed by atoms with van der Waals surface area (Å²) < 4.78 is 0. The van der Waals surface area contributed by atoms with E-state index in [2.05, 4.69) is 55.4 Å². The minimum Gasteiger partial charge on any atom is -0.358 e. The molecular weight excluding hydrogens is 350 g/mol. The second-order valence-corrected chi connectivity index (χ2v) is 7.74. The average molecular weight is 384 g/mol. The molecular formula is C22H33N5O. The van der Waals surface area contributed by atoms with Crippen LogP contribution in [0.5, 0.6) is 0 Å². The molecule has 1 aromatic carbocycles. The number of benzene rings is 1. The van der Waals surface area contributed by atoms with Gasteiger partial charge in [0, 0.05) is 43.2 Å². The predicted molar refractivity (Wildman–Crippen MR) is 116 cm³/mol. The fraction of sp³-hybridized carbons (Fsp3) is 0.545. The van der Waals surface area contributed by atoms with E-state index in [0.717, 1.165) is 32.0 Å². The second-order valence-electron chi connectivity index (χ2n) is 7.74. The van der Waals surface area contributed by atoms with Crippen molar-refractivity contribution in [1.29, 1.82) is 0 Å². The van der Waals surface area contributed by atoms with Gasteiger partial charge in [-0.2, -0.15) is 0 Å². The SMILES string of the molecule is CCNC(=NCc1cc(C)cc2c(C)c(C)[nH]c12)NC1CCN(C(=O)CC)C1. The van der Waals surface area contributed by atoms with E-state index in [4.69, 9.17) is 4.99 Å². The van der Waals surface area contributed by atoms with E-state index in [1.54, 1.807) is 0 Å². The quantitative estimate of drug-likeness (QED) is 0.549. The number of hydrogen-bond donors (Lipinski definition) is 3. The number of aryl methyl sites for hydroxylation is 3. The highest BCUT2D eigenvalue weighted by molar-refractivity contribution is 5.88. The third kappa shape index (κ3) is 4.32. The third-order valence-electron chi connectivity index (χ3n) is 5.58. The van der Waals surface area contributed by atoms with Gasteiger partial charge in [-0.15, -0.1) is 0 Å².